The van der Waals surface area contributed by atoms with Crippen molar-refractivity contribution >= 4 is 23.4 Å². The first-order chi connectivity index (χ1) is 19.2. The molecule has 1 aromatic carbocycles. The molecule has 218 valence electrons. The number of aliphatic hydroxyl groups excluding tert-OH is 1. The third-order valence-corrected chi connectivity index (χ3v) is 8.79. The first kappa shape index (κ1) is 29.8. The third-order valence-electron chi connectivity index (χ3n) is 8.79. The van der Waals surface area contributed by atoms with Crippen LogP contribution in [0.15, 0.2) is 49.6 Å². The molecule has 40 heavy (non-hydrogen) atoms. The molecule has 5 atom stereocenters. The summed E-state index contributed by atoms with van der Waals surface area (Å²) in [5.74, 6) is -1.69. The molecule has 0 saturated carbocycles. The van der Waals surface area contributed by atoms with Gasteiger partial charge in [0.25, 0.3) is 0 Å². The predicted molar refractivity (Wildman–Crippen MR) is 153 cm³/mol. The van der Waals surface area contributed by atoms with Crippen LogP contribution in [0.2, 0.25) is 0 Å². The lowest BCUT2D eigenvalue weighted by Crippen LogP contribution is -2.57. The second-order valence-electron chi connectivity index (χ2n) is 11.1. The minimum Gasteiger partial charge on any atom is -0.494 e. The Morgan fingerprint density at radius 3 is 2.38 bits per heavy atom. The summed E-state index contributed by atoms with van der Waals surface area (Å²) in [7, 11) is 0. The van der Waals surface area contributed by atoms with E-state index in [4.69, 9.17) is 9.47 Å². The molecule has 3 saturated heterocycles. The van der Waals surface area contributed by atoms with Crippen LogP contribution in [0.1, 0.15) is 47.0 Å². The van der Waals surface area contributed by atoms with Gasteiger partial charge in [-0.15, -0.1) is 13.2 Å². The van der Waals surface area contributed by atoms with Crippen molar-refractivity contribution in [3.05, 3.63) is 49.6 Å². The molecule has 9 heteroatoms. The average molecular weight is 554 g/mol. The lowest BCUT2D eigenvalue weighted by atomic mass is 9.64. The summed E-state index contributed by atoms with van der Waals surface area (Å²) in [6, 6.07) is 6.22. The Labute approximate surface area is 237 Å². The van der Waals surface area contributed by atoms with Crippen LogP contribution in [0.25, 0.3) is 0 Å². The number of hydrogen-bond acceptors (Lipinski definition) is 6. The smallest absolute Gasteiger partial charge is 0.248 e. The Balaban J connectivity index is 1.79. The summed E-state index contributed by atoms with van der Waals surface area (Å²) >= 11 is 0. The van der Waals surface area contributed by atoms with Gasteiger partial charge < -0.3 is 29.3 Å². The molecule has 3 aliphatic heterocycles. The maximum Gasteiger partial charge on any atom is 0.248 e. The number of nitrogens with zero attached hydrogens (tertiary/aromatic N) is 3. The van der Waals surface area contributed by atoms with E-state index in [1.807, 2.05) is 52.0 Å². The number of ether oxygens (including phenoxy) is 2. The Morgan fingerprint density at radius 2 is 1.82 bits per heavy atom. The number of carbonyl (C=O) groups is 3. The highest BCUT2D eigenvalue weighted by Gasteiger charge is 2.79. The standard InChI is InChI=1S/C31H43N3O6/c1-7-17-32(21(5)6)29(38)26-31-16-15-30(9-3,40-31)24(25(31)28(37)34(26)19-20-35)27(36)33(18-8-2)22-11-13-23(14-12-22)39-10-4/h7-8,11-14,21,24-26,35H,1-2,9-10,15-20H2,3-6H3/t24-,25-,26?,30+,31?/m0/s1. The number of likely N-dealkylation sites (tertiary alicyclic amines) is 1. The van der Waals surface area contributed by atoms with Crippen molar-refractivity contribution in [2.75, 3.05) is 37.7 Å². The van der Waals surface area contributed by atoms with Crippen molar-refractivity contribution in [2.45, 2.75) is 70.2 Å². The number of fused-ring (bicyclic) bond motifs is 1. The van der Waals surface area contributed by atoms with E-state index in [1.165, 1.54) is 4.90 Å². The predicted octanol–water partition coefficient (Wildman–Crippen LogP) is 3.17. The van der Waals surface area contributed by atoms with Gasteiger partial charge in [0.15, 0.2) is 0 Å². The fraction of sp³-hybridized carbons (Fsp3) is 0.581. The molecule has 4 rings (SSSR count). The van der Waals surface area contributed by atoms with Crippen molar-refractivity contribution in [3.8, 4) is 5.75 Å². The van der Waals surface area contributed by atoms with Crippen LogP contribution in [0.4, 0.5) is 5.69 Å². The minimum absolute atomic E-state index is 0.00777. The van der Waals surface area contributed by atoms with Crippen LogP contribution >= 0.6 is 0 Å². The quantitative estimate of drug-likeness (QED) is 0.377. The van der Waals surface area contributed by atoms with Crippen LogP contribution in [-0.2, 0) is 19.1 Å². The summed E-state index contributed by atoms with van der Waals surface area (Å²) < 4.78 is 12.4. The third kappa shape index (κ3) is 4.63. The second kappa shape index (κ2) is 11.7. The van der Waals surface area contributed by atoms with E-state index >= 15 is 0 Å². The Morgan fingerprint density at radius 1 is 1.15 bits per heavy atom. The molecule has 3 amide bonds. The Bertz CT molecular complexity index is 1140. The zero-order valence-electron chi connectivity index (χ0n) is 24.2. The SMILES string of the molecule is C=CCN(C(=O)[C@@H]1[C@H]2C(=O)N(CCO)C(C(=O)N(CC=C)C(C)C)C23CC[C@@]1(CC)O3)c1ccc(OCC)cc1. The van der Waals surface area contributed by atoms with Crippen molar-refractivity contribution in [1.29, 1.82) is 0 Å². The van der Waals surface area contributed by atoms with Gasteiger partial charge in [-0.25, -0.2) is 0 Å². The van der Waals surface area contributed by atoms with Gasteiger partial charge in [-0.3, -0.25) is 14.4 Å². The monoisotopic (exact) mass is 553 g/mol. The summed E-state index contributed by atoms with van der Waals surface area (Å²) in [4.78, 5) is 47.6. The molecule has 2 unspecified atom stereocenters. The molecule has 3 heterocycles. The van der Waals surface area contributed by atoms with E-state index in [0.29, 0.717) is 43.9 Å². The number of hydrogen-bond donors (Lipinski definition) is 1. The number of benzene rings is 1. The van der Waals surface area contributed by atoms with Crippen LogP contribution in [0.5, 0.6) is 5.75 Å². The van der Waals surface area contributed by atoms with Crippen LogP contribution in [0, 0.1) is 11.8 Å². The molecule has 0 radical (unpaired) electrons. The topological polar surface area (TPSA) is 99.6 Å². The van der Waals surface area contributed by atoms with Gasteiger partial charge in [0, 0.05) is 31.4 Å². The number of aliphatic hydroxyl groups is 1. The zero-order chi connectivity index (χ0) is 29.2. The largest absolute Gasteiger partial charge is 0.494 e. The Hall–Kier alpha value is -3.17. The lowest BCUT2D eigenvalue weighted by Gasteiger charge is -2.38. The van der Waals surface area contributed by atoms with Crippen molar-refractivity contribution in [2.24, 2.45) is 11.8 Å². The Kier molecular flexibility index (Phi) is 8.75. The van der Waals surface area contributed by atoms with Gasteiger partial charge in [0.2, 0.25) is 17.7 Å². The highest BCUT2D eigenvalue weighted by Crippen LogP contribution is 2.64. The number of rotatable bonds is 13. The first-order valence-corrected chi connectivity index (χ1v) is 14.3. The summed E-state index contributed by atoms with van der Waals surface area (Å²) in [6.45, 7) is 16.2. The van der Waals surface area contributed by atoms with E-state index in [9.17, 15) is 19.5 Å². The number of amides is 3. The van der Waals surface area contributed by atoms with E-state index < -0.39 is 29.1 Å². The van der Waals surface area contributed by atoms with Gasteiger partial charge in [0.05, 0.1) is 30.7 Å². The van der Waals surface area contributed by atoms with Crippen molar-refractivity contribution in [3.63, 3.8) is 0 Å². The molecule has 2 bridgehead atoms. The van der Waals surface area contributed by atoms with Gasteiger partial charge >= 0.3 is 0 Å². The highest BCUT2D eigenvalue weighted by molar-refractivity contribution is 6.03. The van der Waals surface area contributed by atoms with Gasteiger partial charge in [-0.1, -0.05) is 19.1 Å². The first-order valence-electron chi connectivity index (χ1n) is 14.3. The number of β-amino-alcohol motifs (C(OH)–C–C–N with tert-alkyl or cyclic N) is 1. The fourth-order valence-electron chi connectivity index (χ4n) is 7.08. The molecule has 1 N–H and O–H groups in total. The number of anilines is 1. The van der Waals surface area contributed by atoms with Crippen LogP contribution in [-0.4, -0.2) is 88.8 Å². The van der Waals surface area contributed by atoms with Gasteiger partial charge in [-0.2, -0.15) is 0 Å². The molecule has 0 aliphatic carbocycles. The van der Waals surface area contributed by atoms with Crippen molar-refractivity contribution in [1.82, 2.24) is 9.80 Å². The maximum atomic E-state index is 14.5. The summed E-state index contributed by atoms with van der Waals surface area (Å²) in [6.07, 6.45) is 4.91. The van der Waals surface area contributed by atoms with Crippen LogP contribution in [0.3, 0.4) is 0 Å². The van der Waals surface area contributed by atoms with E-state index in [1.54, 1.807) is 22.0 Å². The maximum absolute atomic E-state index is 14.5. The van der Waals surface area contributed by atoms with Crippen LogP contribution < -0.4 is 9.64 Å². The second-order valence-corrected chi connectivity index (χ2v) is 11.1. The van der Waals surface area contributed by atoms with Gasteiger partial charge in [0.1, 0.15) is 17.4 Å². The molecular weight excluding hydrogens is 510 g/mol. The fourth-order valence-corrected chi connectivity index (χ4v) is 7.08. The molecule has 1 spiro atoms. The zero-order valence-corrected chi connectivity index (χ0v) is 24.2. The molecule has 9 nitrogen and oxygen atoms in total. The highest BCUT2D eigenvalue weighted by atomic mass is 16.5. The average Bonchev–Trinajstić information content (AvgIpc) is 3.54. The molecule has 0 aromatic heterocycles. The molecular formula is C31H43N3O6. The van der Waals surface area contributed by atoms with E-state index in [-0.39, 0.29) is 43.5 Å². The normalized spacial score (nSPS) is 28.5. The van der Waals surface area contributed by atoms with Crippen molar-refractivity contribution < 1.29 is 29.0 Å². The molecule has 3 aliphatic rings. The van der Waals surface area contributed by atoms with Gasteiger partial charge in [-0.05, 0) is 64.3 Å². The summed E-state index contributed by atoms with van der Waals surface area (Å²) in [5.41, 5.74) is -1.35. The minimum atomic E-state index is -1.15. The number of carbonyl (C=O) groups excluding carboxylic acids is 3. The van der Waals surface area contributed by atoms with E-state index in [2.05, 4.69) is 13.2 Å². The lowest BCUT2D eigenvalue weighted by molar-refractivity contribution is -0.154. The molecule has 1 aromatic rings. The molecule has 3 fully saturated rings. The van der Waals surface area contributed by atoms with E-state index in [0.717, 1.165) is 0 Å². The summed E-state index contributed by atoms with van der Waals surface area (Å²) in [5, 5.41) is 9.89.